The number of nitrogens with zero attached hydrogens (tertiary/aromatic N) is 1. The van der Waals surface area contributed by atoms with Gasteiger partial charge in [-0.3, -0.25) is 13.8 Å². The Labute approximate surface area is 164 Å². The SMILES string of the molecule is Cc1cc(CNC(=O)c2cn(C(C)C)c(C)c(Br)c2=O)ccc1S(C)=O. The normalized spacial score (nSPS) is 12.3. The maximum absolute atomic E-state index is 12.5. The summed E-state index contributed by atoms with van der Waals surface area (Å²) >= 11 is 3.30. The number of pyridine rings is 1. The van der Waals surface area contributed by atoms with Gasteiger partial charge in [0.2, 0.25) is 5.43 Å². The van der Waals surface area contributed by atoms with Crippen LogP contribution < -0.4 is 10.7 Å². The molecule has 0 aliphatic heterocycles. The molecule has 0 fully saturated rings. The van der Waals surface area contributed by atoms with Gasteiger partial charge in [-0.2, -0.15) is 0 Å². The molecule has 1 unspecified atom stereocenters. The average molecular weight is 439 g/mol. The number of rotatable bonds is 5. The second-order valence-corrected chi connectivity index (χ2v) is 8.65. The van der Waals surface area contributed by atoms with Crippen LogP contribution in [-0.4, -0.2) is 20.9 Å². The van der Waals surface area contributed by atoms with Crippen LogP contribution in [0.4, 0.5) is 0 Å². The fourth-order valence-corrected chi connectivity index (χ4v) is 4.00. The molecule has 0 saturated carbocycles. The molecule has 0 radical (unpaired) electrons. The van der Waals surface area contributed by atoms with Gasteiger partial charge < -0.3 is 9.88 Å². The topological polar surface area (TPSA) is 68.2 Å². The molecule has 7 heteroatoms. The van der Waals surface area contributed by atoms with E-state index in [1.54, 1.807) is 18.5 Å². The van der Waals surface area contributed by atoms with E-state index in [4.69, 9.17) is 0 Å². The first-order chi connectivity index (χ1) is 12.1. The number of carbonyl (C=O) groups is 1. The Morgan fingerprint density at radius 3 is 2.50 bits per heavy atom. The lowest BCUT2D eigenvalue weighted by atomic mass is 10.1. The zero-order chi connectivity index (χ0) is 19.6. The van der Waals surface area contributed by atoms with Gasteiger partial charge in [0, 0.05) is 35.6 Å². The summed E-state index contributed by atoms with van der Waals surface area (Å²) in [5.41, 5.74) is 2.39. The number of nitrogens with one attached hydrogen (secondary N) is 1. The van der Waals surface area contributed by atoms with Crippen molar-refractivity contribution in [3.63, 3.8) is 0 Å². The first-order valence-corrected chi connectivity index (χ1v) is 10.6. The number of amides is 1. The molecule has 5 nitrogen and oxygen atoms in total. The first-order valence-electron chi connectivity index (χ1n) is 8.25. The monoisotopic (exact) mass is 438 g/mol. The molecular formula is C19H23BrN2O3S. The van der Waals surface area contributed by atoms with Crippen LogP contribution in [0.25, 0.3) is 0 Å². The van der Waals surface area contributed by atoms with Gasteiger partial charge in [0.15, 0.2) is 0 Å². The van der Waals surface area contributed by atoms with Gasteiger partial charge in [0.05, 0.1) is 15.3 Å². The van der Waals surface area contributed by atoms with Gasteiger partial charge in [-0.05, 0) is 60.8 Å². The summed E-state index contributed by atoms with van der Waals surface area (Å²) in [5, 5.41) is 2.80. The second-order valence-electron chi connectivity index (χ2n) is 6.51. The van der Waals surface area contributed by atoms with E-state index in [1.807, 2.05) is 44.4 Å². The van der Waals surface area contributed by atoms with E-state index >= 15 is 0 Å². The largest absolute Gasteiger partial charge is 0.348 e. The fourth-order valence-electron chi connectivity index (χ4n) is 2.81. The van der Waals surface area contributed by atoms with Gasteiger partial charge in [-0.25, -0.2) is 0 Å². The first kappa shape index (κ1) is 20.6. The summed E-state index contributed by atoms with van der Waals surface area (Å²) in [6, 6.07) is 5.67. The number of aromatic nitrogens is 1. The molecule has 0 saturated heterocycles. The van der Waals surface area contributed by atoms with E-state index in [1.165, 1.54) is 0 Å². The van der Waals surface area contributed by atoms with Crippen LogP contribution in [-0.2, 0) is 17.3 Å². The quantitative estimate of drug-likeness (QED) is 0.776. The van der Waals surface area contributed by atoms with E-state index < -0.39 is 16.7 Å². The van der Waals surface area contributed by atoms with Crippen molar-refractivity contribution in [2.75, 3.05) is 6.26 Å². The van der Waals surface area contributed by atoms with Crippen molar-refractivity contribution < 1.29 is 9.00 Å². The summed E-state index contributed by atoms with van der Waals surface area (Å²) in [5.74, 6) is -0.411. The van der Waals surface area contributed by atoms with Gasteiger partial charge in [-0.1, -0.05) is 12.1 Å². The summed E-state index contributed by atoms with van der Waals surface area (Å²) in [4.78, 5) is 25.8. The highest BCUT2D eigenvalue weighted by molar-refractivity contribution is 9.10. The smallest absolute Gasteiger partial charge is 0.257 e. The lowest BCUT2D eigenvalue weighted by molar-refractivity contribution is 0.0948. The van der Waals surface area contributed by atoms with E-state index in [0.29, 0.717) is 11.0 Å². The molecule has 0 aliphatic rings. The highest BCUT2D eigenvalue weighted by Crippen LogP contribution is 2.17. The lowest BCUT2D eigenvalue weighted by Gasteiger charge is -2.17. The Balaban J connectivity index is 2.25. The number of benzene rings is 1. The molecule has 0 aliphatic carbocycles. The van der Waals surface area contributed by atoms with Crippen LogP contribution in [0.15, 0.2) is 38.6 Å². The molecule has 1 atom stereocenters. The Morgan fingerprint density at radius 1 is 1.31 bits per heavy atom. The predicted octanol–water partition coefficient (Wildman–Crippen LogP) is 3.48. The highest BCUT2D eigenvalue weighted by atomic mass is 79.9. The van der Waals surface area contributed by atoms with Crippen molar-refractivity contribution in [3.05, 3.63) is 61.5 Å². The molecule has 0 bridgehead atoms. The van der Waals surface area contributed by atoms with Gasteiger partial charge in [0.25, 0.3) is 5.91 Å². The second kappa shape index (κ2) is 8.31. The van der Waals surface area contributed by atoms with Crippen LogP contribution in [0.2, 0.25) is 0 Å². The number of aryl methyl sites for hydroxylation is 1. The van der Waals surface area contributed by atoms with Crippen molar-refractivity contribution >= 4 is 32.6 Å². The molecule has 1 amide bonds. The Kier molecular flexibility index (Phi) is 6.58. The number of carbonyl (C=O) groups excluding carboxylic acids is 1. The molecule has 1 N–H and O–H groups in total. The third-order valence-electron chi connectivity index (χ3n) is 4.22. The lowest BCUT2D eigenvalue weighted by Crippen LogP contribution is -2.30. The molecule has 2 aromatic rings. The van der Waals surface area contributed by atoms with Gasteiger partial charge in [-0.15, -0.1) is 0 Å². The van der Waals surface area contributed by atoms with Crippen LogP contribution in [0.3, 0.4) is 0 Å². The molecule has 2 rings (SSSR count). The number of hydrogen-bond acceptors (Lipinski definition) is 3. The zero-order valence-electron chi connectivity index (χ0n) is 15.6. The average Bonchev–Trinajstić information content (AvgIpc) is 2.57. The molecule has 1 aromatic carbocycles. The summed E-state index contributed by atoms with van der Waals surface area (Å²) in [7, 11) is -1.04. The molecule has 1 heterocycles. The zero-order valence-corrected chi connectivity index (χ0v) is 18.0. The summed E-state index contributed by atoms with van der Waals surface area (Å²) in [6.07, 6.45) is 3.25. The van der Waals surface area contributed by atoms with E-state index in [-0.39, 0.29) is 17.0 Å². The van der Waals surface area contributed by atoms with Gasteiger partial charge >= 0.3 is 0 Å². The minimum Gasteiger partial charge on any atom is -0.348 e. The third-order valence-corrected chi connectivity index (χ3v) is 6.23. The number of hydrogen-bond donors (Lipinski definition) is 1. The van der Waals surface area contributed by atoms with Crippen LogP contribution in [0.5, 0.6) is 0 Å². The molecular weight excluding hydrogens is 416 g/mol. The van der Waals surface area contributed by atoms with Gasteiger partial charge in [0.1, 0.15) is 5.56 Å². The molecule has 26 heavy (non-hydrogen) atoms. The molecule has 140 valence electrons. The maximum Gasteiger partial charge on any atom is 0.257 e. The summed E-state index contributed by atoms with van der Waals surface area (Å²) in [6.45, 7) is 8.01. The van der Waals surface area contributed by atoms with Crippen LogP contribution >= 0.6 is 15.9 Å². The Bertz CT molecular complexity index is 935. The maximum atomic E-state index is 12.5. The predicted molar refractivity (Wildman–Crippen MR) is 108 cm³/mol. The van der Waals surface area contributed by atoms with Crippen molar-refractivity contribution in [2.24, 2.45) is 0 Å². The molecule has 1 aromatic heterocycles. The van der Waals surface area contributed by atoms with Crippen LogP contribution in [0, 0.1) is 13.8 Å². The van der Waals surface area contributed by atoms with E-state index in [0.717, 1.165) is 21.7 Å². The fraction of sp³-hybridized carbons (Fsp3) is 0.368. The Hall–Kier alpha value is -1.73. The number of halogens is 1. The van der Waals surface area contributed by atoms with Crippen molar-refractivity contribution in [1.29, 1.82) is 0 Å². The van der Waals surface area contributed by atoms with Crippen LogP contribution in [0.1, 0.15) is 47.1 Å². The standard InChI is InChI=1S/C19H23BrN2O3S/c1-11(2)22-10-15(18(23)17(20)13(22)4)19(24)21-9-14-6-7-16(26(5)25)12(3)8-14/h6-8,10-11H,9H2,1-5H3,(H,21,24). The highest BCUT2D eigenvalue weighted by Gasteiger charge is 2.17. The van der Waals surface area contributed by atoms with E-state index in [9.17, 15) is 13.8 Å². The van der Waals surface area contributed by atoms with E-state index in [2.05, 4.69) is 21.2 Å². The minimum absolute atomic E-state index is 0.110. The van der Waals surface area contributed by atoms with Crippen molar-refractivity contribution in [1.82, 2.24) is 9.88 Å². The molecule has 0 spiro atoms. The summed E-state index contributed by atoms with van der Waals surface area (Å²) < 4.78 is 13.9. The Morgan fingerprint density at radius 2 is 1.96 bits per heavy atom. The minimum atomic E-state index is -1.04. The van der Waals surface area contributed by atoms with Crippen molar-refractivity contribution in [3.8, 4) is 0 Å². The van der Waals surface area contributed by atoms with Crippen molar-refractivity contribution in [2.45, 2.75) is 45.2 Å². The third kappa shape index (κ3) is 4.32.